The third-order valence-corrected chi connectivity index (χ3v) is 4.25. The van der Waals surface area contributed by atoms with Crippen LogP contribution >= 0.6 is 11.6 Å². The number of hydrogen-bond donors (Lipinski definition) is 1. The average Bonchev–Trinajstić information content (AvgIpc) is 3.23. The Morgan fingerprint density at radius 1 is 1.28 bits per heavy atom. The third-order valence-electron chi connectivity index (χ3n) is 3.95. The van der Waals surface area contributed by atoms with Crippen molar-refractivity contribution >= 4 is 29.1 Å². The fourth-order valence-corrected chi connectivity index (χ4v) is 2.80. The van der Waals surface area contributed by atoms with Gasteiger partial charge in [0.15, 0.2) is 0 Å². The topological polar surface area (TPSA) is 102 Å². The van der Waals surface area contributed by atoms with Crippen molar-refractivity contribution in [3.63, 3.8) is 0 Å². The van der Waals surface area contributed by atoms with E-state index in [1.165, 1.54) is 66.5 Å². The van der Waals surface area contributed by atoms with Crippen molar-refractivity contribution < 1.29 is 18.7 Å². The maximum Gasteiger partial charge on any atom is 0.257 e. The molecule has 0 radical (unpaired) electrons. The molecular weight excluding hydrogens is 403 g/mol. The number of benzene rings is 2. The first-order chi connectivity index (χ1) is 13.9. The van der Waals surface area contributed by atoms with E-state index in [-0.39, 0.29) is 22.9 Å². The lowest BCUT2D eigenvalue weighted by atomic mass is 10.1. The summed E-state index contributed by atoms with van der Waals surface area (Å²) in [4.78, 5) is 26.2. The zero-order chi connectivity index (χ0) is 21.0. The fourth-order valence-electron chi connectivity index (χ4n) is 2.55. The number of nitrogens with one attached hydrogen (secondary N) is 1. The zero-order valence-electron chi connectivity index (χ0n) is 15.5. The van der Waals surface area contributed by atoms with E-state index in [4.69, 9.17) is 16.3 Å². The second-order valence-electron chi connectivity index (χ2n) is 5.97. The number of hydrogen-bond acceptors (Lipinski definition) is 6. The van der Waals surface area contributed by atoms with Crippen LogP contribution in [-0.4, -0.2) is 57.6 Å². The second kappa shape index (κ2) is 8.65. The number of nitrogens with zero attached hydrogens (tertiary/aromatic N) is 5. The van der Waals surface area contributed by atoms with Crippen molar-refractivity contribution in [1.29, 1.82) is 0 Å². The molecule has 29 heavy (non-hydrogen) atoms. The van der Waals surface area contributed by atoms with E-state index in [1.807, 2.05) is 0 Å². The lowest BCUT2D eigenvalue weighted by Crippen LogP contribution is -2.35. The molecule has 0 saturated carbocycles. The molecule has 0 unspecified atom stereocenters. The molecule has 0 aliphatic heterocycles. The molecule has 1 aromatic heterocycles. The molecule has 1 heterocycles. The van der Waals surface area contributed by atoms with Crippen molar-refractivity contribution in [3.05, 3.63) is 59.1 Å². The molecule has 11 heteroatoms. The Labute approximate surface area is 170 Å². The van der Waals surface area contributed by atoms with Crippen LogP contribution in [0.3, 0.4) is 0 Å². The van der Waals surface area contributed by atoms with Gasteiger partial charge in [0, 0.05) is 18.8 Å². The summed E-state index contributed by atoms with van der Waals surface area (Å²) in [6.45, 7) is -0.230. The Balaban J connectivity index is 1.75. The van der Waals surface area contributed by atoms with Gasteiger partial charge in [0.2, 0.25) is 5.91 Å². The standard InChI is InChI=1S/C18H16ClFN6O3/c1-25(9-17(27)22-12-5-3-11(20)4-6-12)18(28)13-7-14(19)15(8-16(13)29-2)26-10-21-23-24-26/h3-8,10H,9H2,1-2H3,(H,22,27). The summed E-state index contributed by atoms with van der Waals surface area (Å²) in [6, 6.07) is 8.25. The first kappa shape index (κ1) is 20.2. The van der Waals surface area contributed by atoms with Crippen molar-refractivity contribution in [2.45, 2.75) is 0 Å². The molecule has 0 aliphatic rings. The molecule has 1 N–H and O–H groups in total. The van der Waals surface area contributed by atoms with Crippen LogP contribution in [0.15, 0.2) is 42.7 Å². The highest BCUT2D eigenvalue weighted by atomic mass is 35.5. The van der Waals surface area contributed by atoms with E-state index in [9.17, 15) is 14.0 Å². The van der Waals surface area contributed by atoms with Gasteiger partial charge in [-0.15, -0.1) is 5.10 Å². The minimum Gasteiger partial charge on any atom is -0.496 e. The quantitative estimate of drug-likeness (QED) is 0.658. The number of tetrazole rings is 1. The molecular formula is C18H16ClFN6O3. The van der Waals surface area contributed by atoms with E-state index in [0.717, 1.165) is 0 Å². The van der Waals surface area contributed by atoms with Gasteiger partial charge in [0.25, 0.3) is 5.91 Å². The first-order valence-electron chi connectivity index (χ1n) is 8.31. The molecule has 0 saturated heterocycles. The largest absolute Gasteiger partial charge is 0.496 e. The number of halogens is 2. The fraction of sp³-hybridized carbons (Fsp3) is 0.167. The summed E-state index contributed by atoms with van der Waals surface area (Å²) in [5.74, 6) is -1.08. The molecule has 0 aliphatic carbocycles. The lowest BCUT2D eigenvalue weighted by molar-refractivity contribution is -0.116. The number of ether oxygens (including phenoxy) is 1. The highest BCUT2D eigenvalue weighted by Crippen LogP contribution is 2.30. The van der Waals surface area contributed by atoms with Crippen LogP contribution in [0.5, 0.6) is 5.75 Å². The Kier molecular flexibility index (Phi) is 6.03. The number of carbonyl (C=O) groups is 2. The van der Waals surface area contributed by atoms with Gasteiger partial charge in [-0.1, -0.05) is 11.6 Å². The SMILES string of the molecule is COc1cc(-n2cnnn2)c(Cl)cc1C(=O)N(C)CC(=O)Nc1ccc(F)cc1. The van der Waals surface area contributed by atoms with E-state index in [1.54, 1.807) is 0 Å². The Morgan fingerprint density at radius 2 is 2.00 bits per heavy atom. The van der Waals surface area contributed by atoms with Gasteiger partial charge in [-0.05, 0) is 40.8 Å². The van der Waals surface area contributed by atoms with Crippen LogP contribution in [0.25, 0.3) is 5.69 Å². The minimum atomic E-state index is -0.471. The van der Waals surface area contributed by atoms with Crippen molar-refractivity contribution in [1.82, 2.24) is 25.1 Å². The van der Waals surface area contributed by atoms with Gasteiger partial charge in [0.1, 0.15) is 17.9 Å². The van der Waals surface area contributed by atoms with Crippen molar-refractivity contribution in [2.24, 2.45) is 0 Å². The number of anilines is 1. The molecule has 0 bridgehead atoms. The minimum absolute atomic E-state index is 0.173. The summed E-state index contributed by atoms with van der Waals surface area (Å²) >= 11 is 6.27. The number of amides is 2. The van der Waals surface area contributed by atoms with Gasteiger partial charge in [-0.2, -0.15) is 4.68 Å². The van der Waals surface area contributed by atoms with Gasteiger partial charge >= 0.3 is 0 Å². The Bertz CT molecular complexity index is 1030. The van der Waals surface area contributed by atoms with E-state index < -0.39 is 17.6 Å². The number of rotatable bonds is 6. The molecule has 3 rings (SSSR count). The van der Waals surface area contributed by atoms with Gasteiger partial charge < -0.3 is 15.0 Å². The van der Waals surface area contributed by atoms with Gasteiger partial charge in [-0.3, -0.25) is 9.59 Å². The van der Waals surface area contributed by atoms with Gasteiger partial charge in [-0.25, -0.2) is 4.39 Å². The zero-order valence-corrected chi connectivity index (χ0v) is 16.2. The lowest BCUT2D eigenvalue weighted by Gasteiger charge is -2.19. The normalized spacial score (nSPS) is 10.5. The Morgan fingerprint density at radius 3 is 2.62 bits per heavy atom. The number of carbonyl (C=O) groups excluding carboxylic acids is 2. The number of methoxy groups -OCH3 is 1. The van der Waals surface area contributed by atoms with Crippen molar-refractivity contribution in [2.75, 3.05) is 26.0 Å². The van der Waals surface area contributed by atoms with Crippen LogP contribution in [0.2, 0.25) is 5.02 Å². The second-order valence-corrected chi connectivity index (χ2v) is 6.38. The van der Waals surface area contributed by atoms with Crippen LogP contribution in [-0.2, 0) is 4.79 Å². The summed E-state index contributed by atoms with van der Waals surface area (Å²) in [7, 11) is 2.87. The monoisotopic (exact) mass is 418 g/mol. The van der Waals surface area contributed by atoms with Gasteiger partial charge in [0.05, 0.1) is 29.9 Å². The van der Waals surface area contributed by atoms with E-state index in [0.29, 0.717) is 11.4 Å². The first-order valence-corrected chi connectivity index (χ1v) is 8.68. The molecule has 0 spiro atoms. The van der Waals surface area contributed by atoms with Crippen LogP contribution in [0.1, 0.15) is 10.4 Å². The van der Waals surface area contributed by atoms with Crippen LogP contribution < -0.4 is 10.1 Å². The predicted octanol–water partition coefficient (Wildman–Crippen LogP) is 2.17. The molecule has 9 nitrogen and oxygen atoms in total. The highest BCUT2D eigenvalue weighted by molar-refractivity contribution is 6.33. The maximum absolute atomic E-state index is 12.9. The summed E-state index contributed by atoms with van der Waals surface area (Å²) in [5.41, 5.74) is 1.02. The van der Waals surface area contributed by atoms with Crippen molar-refractivity contribution in [3.8, 4) is 11.4 Å². The number of aromatic nitrogens is 4. The Hall–Kier alpha value is -3.53. The molecule has 0 fully saturated rings. The summed E-state index contributed by atoms with van der Waals surface area (Å²) in [5, 5.41) is 13.7. The molecule has 0 atom stereocenters. The maximum atomic E-state index is 12.9. The highest BCUT2D eigenvalue weighted by Gasteiger charge is 2.22. The molecule has 150 valence electrons. The van der Waals surface area contributed by atoms with Crippen LogP contribution in [0, 0.1) is 5.82 Å². The molecule has 2 aromatic carbocycles. The van der Waals surface area contributed by atoms with E-state index >= 15 is 0 Å². The van der Waals surface area contributed by atoms with E-state index in [2.05, 4.69) is 20.8 Å². The third kappa shape index (κ3) is 4.66. The number of likely N-dealkylation sites (N-methyl/N-ethyl adjacent to an activating group) is 1. The summed E-state index contributed by atoms with van der Waals surface area (Å²) < 4.78 is 19.6. The molecule has 2 amide bonds. The predicted molar refractivity (Wildman–Crippen MR) is 103 cm³/mol. The summed E-state index contributed by atoms with van der Waals surface area (Å²) in [6.07, 6.45) is 1.36. The smallest absolute Gasteiger partial charge is 0.257 e. The average molecular weight is 419 g/mol. The van der Waals surface area contributed by atoms with Crippen LogP contribution in [0.4, 0.5) is 10.1 Å². The molecule has 3 aromatic rings.